The van der Waals surface area contributed by atoms with E-state index in [-0.39, 0.29) is 12.5 Å². The van der Waals surface area contributed by atoms with Gasteiger partial charge in [0.05, 0.1) is 14.2 Å². The van der Waals surface area contributed by atoms with Gasteiger partial charge in [-0.3, -0.25) is 4.79 Å². The molecule has 1 aromatic rings. The third-order valence-electron chi connectivity index (χ3n) is 6.02. The van der Waals surface area contributed by atoms with E-state index in [1.807, 2.05) is 0 Å². The molecule has 0 fully saturated rings. The molecule has 2 amide bonds. The average molecular weight is 478 g/mol. The van der Waals surface area contributed by atoms with Gasteiger partial charge < -0.3 is 14.2 Å². The quantitative estimate of drug-likeness (QED) is 0.191. The monoisotopic (exact) mass is 477 g/mol. The molecule has 0 aliphatic heterocycles. The molecular weight excluding hydrogens is 430 g/mol. The van der Waals surface area contributed by atoms with E-state index in [1.54, 1.807) is 32.4 Å². The van der Waals surface area contributed by atoms with Crippen molar-refractivity contribution in [2.45, 2.75) is 110 Å². The van der Waals surface area contributed by atoms with E-state index in [4.69, 9.17) is 14.2 Å². The maximum Gasteiger partial charge on any atom is 0.416 e. The smallest absolute Gasteiger partial charge is 0.416 e. The highest BCUT2D eigenvalue weighted by Crippen LogP contribution is 2.23. The summed E-state index contributed by atoms with van der Waals surface area (Å²) in [7, 11) is 3.16. The molecular formula is C28H47NO5. The highest BCUT2D eigenvalue weighted by molar-refractivity contribution is 5.91. The lowest BCUT2D eigenvalue weighted by molar-refractivity contribution is -0.129. The molecule has 1 aromatic carbocycles. The Bertz CT molecular complexity index is 669. The lowest BCUT2D eigenvalue weighted by atomic mass is 10.1. The Labute approximate surface area is 207 Å². The van der Waals surface area contributed by atoms with E-state index in [0.29, 0.717) is 24.5 Å². The van der Waals surface area contributed by atoms with Crippen molar-refractivity contribution < 1.29 is 23.8 Å². The van der Waals surface area contributed by atoms with Crippen LogP contribution >= 0.6 is 0 Å². The number of unbranched alkanes of at least 4 members (excludes halogenated alkanes) is 11. The van der Waals surface area contributed by atoms with Crippen LogP contribution in [0.3, 0.4) is 0 Å². The van der Waals surface area contributed by atoms with Gasteiger partial charge in [-0.1, -0.05) is 84.5 Å². The second-order valence-electron chi connectivity index (χ2n) is 8.96. The fourth-order valence-corrected chi connectivity index (χ4v) is 3.91. The number of imide groups is 1. The number of carbonyl (C=O) groups is 2. The zero-order chi connectivity index (χ0) is 25.0. The SMILES string of the molecule is CCCCCCCCCCN(C(=O)CCCCCCC)C(=O)OCc1cc(OC)cc(OC)c1. The minimum atomic E-state index is -0.566. The number of methoxy groups -OCH3 is 2. The number of rotatable bonds is 19. The molecule has 0 saturated heterocycles. The van der Waals surface area contributed by atoms with Crippen LogP contribution in [0.5, 0.6) is 11.5 Å². The van der Waals surface area contributed by atoms with Crippen molar-refractivity contribution in [1.82, 2.24) is 4.90 Å². The molecule has 0 spiro atoms. The van der Waals surface area contributed by atoms with Crippen LogP contribution in [0.1, 0.15) is 109 Å². The molecule has 0 aliphatic carbocycles. The van der Waals surface area contributed by atoms with Gasteiger partial charge in [0.2, 0.25) is 5.91 Å². The highest BCUT2D eigenvalue weighted by atomic mass is 16.6. The predicted octanol–water partition coefficient (Wildman–Crippen LogP) is 7.67. The summed E-state index contributed by atoms with van der Waals surface area (Å²) in [5.41, 5.74) is 0.753. The molecule has 0 radical (unpaired) electrons. The zero-order valence-corrected chi connectivity index (χ0v) is 22.0. The third-order valence-corrected chi connectivity index (χ3v) is 6.02. The Morgan fingerprint density at radius 1 is 0.706 bits per heavy atom. The first-order chi connectivity index (χ1) is 16.5. The molecule has 34 heavy (non-hydrogen) atoms. The third kappa shape index (κ3) is 12.9. The van der Waals surface area contributed by atoms with Crippen LogP contribution in [-0.4, -0.2) is 37.7 Å². The fraction of sp³-hybridized carbons (Fsp3) is 0.714. The molecule has 1 rings (SSSR count). The van der Waals surface area contributed by atoms with Crippen LogP contribution in [0.4, 0.5) is 4.79 Å². The topological polar surface area (TPSA) is 65.1 Å². The van der Waals surface area contributed by atoms with Crippen LogP contribution in [-0.2, 0) is 16.1 Å². The summed E-state index contributed by atoms with van der Waals surface area (Å²) in [6.07, 6.45) is 14.4. The van der Waals surface area contributed by atoms with E-state index in [9.17, 15) is 9.59 Å². The number of carbonyl (C=O) groups excluding carboxylic acids is 2. The summed E-state index contributed by atoms with van der Waals surface area (Å²) in [5.74, 6) is 1.13. The number of hydrogen-bond donors (Lipinski definition) is 0. The van der Waals surface area contributed by atoms with E-state index < -0.39 is 6.09 Å². The van der Waals surface area contributed by atoms with Gasteiger partial charge in [-0.15, -0.1) is 0 Å². The summed E-state index contributed by atoms with van der Waals surface area (Å²) in [5, 5.41) is 0. The van der Waals surface area contributed by atoms with Crippen molar-refractivity contribution in [1.29, 1.82) is 0 Å². The first-order valence-electron chi connectivity index (χ1n) is 13.2. The predicted molar refractivity (Wildman–Crippen MR) is 137 cm³/mol. The molecule has 0 saturated carbocycles. The van der Waals surface area contributed by atoms with Gasteiger partial charge in [0.15, 0.2) is 0 Å². The first kappa shape index (κ1) is 29.8. The number of ether oxygens (including phenoxy) is 3. The lowest BCUT2D eigenvalue weighted by Crippen LogP contribution is -2.38. The Hall–Kier alpha value is -2.24. The summed E-state index contributed by atoms with van der Waals surface area (Å²) < 4.78 is 16.1. The molecule has 0 unspecified atom stereocenters. The van der Waals surface area contributed by atoms with Crippen molar-refractivity contribution in [2.75, 3.05) is 20.8 Å². The van der Waals surface area contributed by atoms with Crippen LogP contribution in [0.15, 0.2) is 18.2 Å². The molecule has 0 heterocycles. The summed E-state index contributed by atoms with van der Waals surface area (Å²) in [4.78, 5) is 27.0. The van der Waals surface area contributed by atoms with Gasteiger partial charge in [-0.2, -0.15) is 0 Å². The highest BCUT2D eigenvalue weighted by Gasteiger charge is 2.22. The standard InChI is InChI=1S/C28H47NO5/c1-5-7-9-11-12-13-15-17-19-29(27(30)18-16-14-10-8-6-2)28(31)34-23-24-20-25(32-3)22-26(21-24)33-4/h20-22H,5-19,23H2,1-4H3. The molecule has 6 nitrogen and oxygen atoms in total. The molecule has 0 N–H and O–H groups in total. The van der Waals surface area contributed by atoms with Crippen LogP contribution in [0.2, 0.25) is 0 Å². The lowest BCUT2D eigenvalue weighted by Gasteiger charge is -2.21. The van der Waals surface area contributed by atoms with Gasteiger partial charge >= 0.3 is 6.09 Å². The van der Waals surface area contributed by atoms with Crippen molar-refractivity contribution in [3.05, 3.63) is 23.8 Å². The van der Waals surface area contributed by atoms with Crippen molar-refractivity contribution in [3.8, 4) is 11.5 Å². The normalized spacial score (nSPS) is 10.7. The number of amides is 2. The molecule has 0 aliphatic rings. The van der Waals surface area contributed by atoms with Gasteiger partial charge in [0.25, 0.3) is 0 Å². The van der Waals surface area contributed by atoms with E-state index in [2.05, 4.69) is 13.8 Å². The van der Waals surface area contributed by atoms with Gasteiger partial charge in [0, 0.05) is 19.0 Å². The van der Waals surface area contributed by atoms with Crippen molar-refractivity contribution >= 4 is 12.0 Å². The van der Waals surface area contributed by atoms with Crippen LogP contribution < -0.4 is 9.47 Å². The Morgan fingerprint density at radius 2 is 1.21 bits per heavy atom. The number of nitrogens with zero attached hydrogens (tertiary/aromatic N) is 1. The largest absolute Gasteiger partial charge is 0.497 e. The number of benzene rings is 1. The Morgan fingerprint density at radius 3 is 1.74 bits per heavy atom. The maximum atomic E-state index is 12.9. The molecule has 0 atom stereocenters. The fourth-order valence-electron chi connectivity index (χ4n) is 3.91. The maximum absolute atomic E-state index is 12.9. The number of hydrogen-bond acceptors (Lipinski definition) is 5. The first-order valence-corrected chi connectivity index (χ1v) is 13.2. The molecule has 0 aromatic heterocycles. The van der Waals surface area contributed by atoms with Gasteiger partial charge in [-0.05, 0) is 30.5 Å². The molecule has 6 heteroatoms. The second kappa shape index (κ2) is 19.1. The second-order valence-corrected chi connectivity index (χ2v) is 8.96. The van der Waals surface area contributed by atoms with Crippen molar-refractivity contribution in [2.24, 2.45) is 0 Å². The summed E-state index contributed by atoms with van der Waals surface area (Å²) in [6.45, 7) is 4.87. The summed E-state index contributed by atoms with van der Waals surface area (Å²) in [6, 6.07) is 5.37. The van der Waals surface area contributed by atoms with E-state index in [0.717, 1.165) is 44.1 Å². The zero-order valence-electron chi connectivity index (χ0n) is 22.0. The van der Waals surface area contributed by atoms with Crippen LogP contribution in [0, 0.1) is 0 Å². The molecule has 194 valence electrons. The van der Waals surface area contributed by atoms with E-state index >= 15 is 0 Å². The summed E-state index contributed by atoms with van der Waals surface area (Å²) >= 11 is 0. The Kier molecular flexibility index (Phi) is 16.7. The van der Waals surface area contributed by atoms with Gasteiger partial charge in [0.1, 0.15) is 18.1 Å². The average Bonchev–Trinajstić information content (AvgIpc) is 2.85. The minimum absolute atomic E-state index is 0.0596. The van der Waals surface area contributed by atoms with E-state index in [1.165, 1.54) is 49.8 Å². The molecule has 0 bridgehead atoms. The van der Waals surface area contributed by atoms with Crippen LogP contribution in [0.25, 0.3) is 0 Å². The minimum Gasteiger partial charge on any atom is -0.497 e. The van der Waals surface area contributed by atoms with Gasteiger partial charge in [-0.25, -0.2) is 9.69 Å². The Balaban J connectivity index is 2.61. The van der Waals surface area contributed by atoms with Crippen molar-refractivity contribution in [3.63, 3.8) is 0 Å².